The maximum atomic E-state index is 4.71. The van der Waals surface area contributed by atoms with Crippen molar-refractivity contribution >= 4 is 15.9 Å². The van der Waals surface area contributed by atoms with Crippen molar-refractivity contribution in [2.75, 3.05) is 13.1 Å². The minimum Gasteiger partial charge on any atom is -0.317 e. The van der Waals surface area contributed by atoms with E-state index < -0.39 is 0 Å². The lowest BCUT2D eigenvalue weighted by Crippen LogP contribution is -2.27. The molecule has 1 N–H and O–H groups in total. The Morgan fingerprint density at radius 2 is 1.89 bits per heavy atom. The Kier molecular flexibility index (Phi) is 3.71. The van der Waals surface area contributed by atoms with Crippen molar-refractivity contribution in [2.45, 2.75) is 18.8 Å². The summed E-state index contributed by atoms with van der Waals surface area (Å²) < 4.78 is 3.05. The van der Waals surface area contributed by atoms with Crippen LogP contribution >= 0.6 is 15.9 Å². The van der Waals surface area contributed by atoms with Gasteiger partial charge in [-0.3, -0.25) is 4.68 Å². The molecule has 1 aromatic heterocycles. The highest BCUT2D eigenvalue weighted by molar-refractivity contribution is 9.10. The van der Waals surface area contributed by atoms with Crippen LogP contribution in [0.2, 0.25) is 0 Å². The monoisotopic (exact) mass is 319 g/mol. The van der Waals surface area contributed by atoms with Crippen LogP contribution in [0.4, 0.5) is 0 Å². The molecule has 19 heavy (non-hydrogen) atoms. The first-order chi connectivity index (χ1) is 9.24. The number of benzene rings is 1. The van der Waals surface area contributed by atoms with Gasteiger partial charge in [0, 0.05) is 29.2 Å². The molecule has 100 valence electrons. The van der Waals surface area contributed by atoms with Gasteiger partial charge in [0.25, 0.3) is 0 Å². The molecule has 1 aromatic carbocycles. The third-order valence-electron chi connectivity index (χ3n) is 3.74. The average molecular weight is 320 g/mol. The van der Waals surface area contributed by atoms with Gasteiger partial charge in [-0.1, -0.05) is 28.1 Å². The molecule has 0 spiro atoms. The number of aromatic nitrogens is 2. The molecule has 2 heterocycles. The maximum absolute atomic E-state index is 4.71. The molecular weight excluding hydrogens is 302 g/mol. The Hall–Kier alpha value is -1.13. The summed E-state index contributed by atoms with van der Waals surface area (Å²) in [7, 11) is 2.01. The Morgan fingerprint density at radius 3 is 2.58 bits per heavy atom. The van der Waals surface area contributed by atoms with E-state index >= 15 is 0 Å². The first-order valence-corrected chi connectivity index (χ1v) is 7.53. The molecule has 0 amide bonds. The topological polar surface area (TPSA) is 29.9 Å². The number of nitrogens with zero attached hydrogens (tertiary/aromatic N) is 2. The van der Waals surface area contributed by atoms with Gasteiger partial charge in [-0.05, 0) is 43.6 Å². The van der Waals surface area contributed by atoms with Crippen molar-refractivity contribution < 1.29 is 0 Å². The summed E-state index contributed by atoms with van der Waals surface area (Å²) in [5, 5.41) is 8.13. The van der Waals surface area contributed by atoms with E-state index in [2.05, 4.69) is 51.7 Å². The third-order valence-corrected chi connectivity index (χ3v) is 4.27. The van der Waals surface area contributed by atoms with E-state index in [0.717, 1.165) is 17.6 Å². The van der Waals surface area contributed by atoms with Gasteiger partial charge in [0.2, 0.25) is 0 Å². The van der Waals surface area contributed by atoms with E-state index in [1.807, 2.05) is 11.7 Å². The molecule has 4 heteroatoms. The second-order valence-corrected chi connectivity index (χ2v) is 6.05. The van der Waals surface area contributed by atoms with Crippen molar-refractivity contribution in [3.05, 3.63) is 40.6 Å². The van der Waals surface area contributed by atoms with Crippen LogP contribution in [0.3, 0.4) is 0 Å². The zero-order valence-electron chi connectivity index (χ0n) is 11.1. The zero-order chi connectivity index (χ0) is 13.2. The van der Waals surface area contributed by atoms with Crippen molar-refractivity contribution in [1.82, 2.24) is 15.1 Å². The lowest BCUT2D eigenvalue weighted by atomic mass is 9.90. The van der Waals surface area contributed by atoms with Crippen molar-refractivity contribution in [1.29, 1.82) is 0 Å². The molecule has 0 bridgehead atoms. The fourth-order valence-electron chi connectivity index (χ4n) is 2.75. The molecule has 1 saturated heterocycles. The second-order valence-electron chi connectivity index (χ2n) is 5.13. The van der Waals surface area contributed by atoms with E-state index in [1.165, 1.54) is 29.7 Å². The van der Waals surface area contributed by atoms with Gasteiger partial charge in [-0.2, -0.15) is 5.10 Å². The predicted octanol–water partition coefficient (Wildman–Crippen LogP) is 3.32. The van der Waals surface area contributed by atoms with Gasteiger partial charge in [-0.25, -0.2) is 0 Å². The van der Waals surface area contributed by atoms with Crippen LogP contribution in [0.25, 0.3) is 11.1 Å². The molecule has 1 fully saturated rings. The number of rotatable bonds is 2. The number of hydrogen-bond acceptors (Lipinski definition) is 2. The Bertz CT molecular complexity index is 553. The third kappa shape index (κ3) is 2.74. The van der Waals surface area contributed by atoms with Crippen LogP contribution in [-0.4, -0.2) is 22.9 Å². The van der Waals surface area contributed by atoms with E-state index in [0.29, 0.717) is 5.92 Å². The first kappa shape index (κ1) is 12.9. The summed E-state index contributed by atoms with van der Waals surface area (Å²) in [4.78, 5) is 0. The van der Waals surface area contributed by atoms with Crippen LogP contribution in [0.5, 0.6) is 0 Å². The predicted molar refractivity (Wildman–Crippen MR) is 81.2 cm³/mol. The van der Waals surface area contributed by atoms with Gasteiger partial charge >= 0.3 is 0 Å². The normalized spacial score (nSPS) is 16.7. The number of hydrogen-bond donors (Lipinski definition) is 1. The highest BCUT2D eigenvalue weighted by Gasteiger charge is 2.22. The summed E-state index contributed by atoms with van der Waals surface area (Å²) in [5.74, 6) is 0.584. The Labute approximate surface area is 122 Å². The quantitative estimate of drug-likeness (QED) is 0.920. The number of nitrogens with one attached hydrogen (secondary N) is 1. The van der Waals surface area contributed by atoms with Crippen LogP contribution in [0.15, 0.2) is 34.9 Å². The standard InChI is InChI=1S/C15H18BrN3/c1-19-10-14(11-2-4-13(16)5-3-11)15(18-19)12-6-8-17-9-7-12/h2-5,10,12,17H,6-9H2,1H3. The summed E-state index contributed by atoms with van der Waals surface area (Å²) >= 11 is 3.49. The second kappa shape index (κ2) is 5.47. The smallest absolute Gasteiger partial charge is 0.0734 e. The number of halogens is 1. The van der Waals surface area contributed by atoms with Gasteiger partial charge in [0.15, 0.2) is 0 Å². The molecule has 0 radical (unpaired) electrons. The molecule has 3 nitrogen and oxygen atoms in total. The maximum Gasteiger partial charge on any atom is 0.0734 e. The molecule has 0 unspecified atom stereocenters. The zero-order valence-corrected chi connectivity index (χ0v) is 12.7. The summed E-state index contributed by atoms with van der Waals surface area (Å²) in [6.07, 6.45) is 4.50. The lowest BCUT2D eigenvalue weighted by molar-refractivity contribution is 0.450. The molecule has 3 rings (SSSR count). The van der Waals surface area contributed by atoms with Crippen molar-refractivity contribution in [3.8, 4) is 11.1 Å². The van der Waals surface area contributed by atoms with Crippen LogP contribution in [-0.2, 0) is 7.05 Å². The SMILES string of the molecule is Cn1cc(-c2ccc(Br)cc2)c(C2CCNCC2)n1. The Morgan fingerprint density at radius 1 is 1.21 bits per heavy atom. The van der Waals surface area contributed by atoms with Gasteiger partial charge in [0.05, 0.1) is 5.69 Å². The van der Waals surface area contributed by atoms with E-state index in [9.17, 15) is 0 Å². The van der Waals surface area contributed by atoms with Crippen molar-refractivity contribution in [2.24, 2.45) is 7.05 Å². The minimum absolute atomic E-state index is 0.584. The first-order valence-electron chi connectivity index (χ1n) is 6.74. The summed E-state index contributed by atoms with van der Waals surface area (Å²) in [6.45, 7) is 2.20. The molecule has 1 aliphatic heterocycles. The van der Waals surface area contributed by atoms with E-state index in [-0.39, 0.29) is 0 Å². The van der Waals surface area contributed by atoms with Crippen LogP contribution < -0.4 is 5.32 Å². The van der Waals surface area contributed by atoms with Gasteiger partial charge in [0.1, 0.15) is 0 Å². The molecule has 0 saturated carbocycles. The largest absolute Gasteiger partial charge is 0.317 e. The molecule has 0 aliphatic carbocycles. The van der Waals surface area contributed by atoms with Gasteiger partial charge in [-0.15, -0.1) is 0 Å². The fourth-order valence-corrected chi connectivity index (χ4v) is 3.02. The van der Waals surface area contributed by atoms with Gasteiger partial charge < -0.3 is 5.32 Å². The number of aryl methyl sites for hydroxylation is 1. The van der Waals surface area contributed by atoms with Crippen molar-refractivity contribution in [3.63, 3.8) is 0 Å². The highest BCUT2D eigenvalue weighted by atomic mass is 79.9. The Balaban J connectivity index is 1.98. The number of piperidine rings is 1. The molecule has 0 atom stereocenters. The summed E-state index contributed by atoms with van der Waals surface area (Å²) in [6, 6.07) is 8.50. The highest BCUT2D eigenvalue weighted by Crippen LogP contribution is 2.33. The minimum atomic E-state index is 0.584. The van der Waals surface area contributed by atoms with Crippen LogP contribution in [0, 0.1) is 0 Å². The molecule has 1 aliphatic rings. The fraction of sp³-hybridized carbons (Fsp3) is 0.400. The van der Waals surface area contributed by atoms with E-state index in [4.69, 9.17) is 5.10 Å². The van der Waals surface area contributed by atoms with Crippen LogP contribution in [0.1, 0.15) is 24.5 Å². The molecular formula is C15H18BrN3. The molecule has 2 aromatic rings. The average Bonchev–Trinajstić information content (AvgIpc) is 2.83. The lowest BCUT2D eigenvalue weighted by Gasteiger charge is -2.22. The van der Waals surface area contributed by atoms with E-state index in [1.54, 1.807) is 0 Å². The summed E-state index contributed by atoms with van der Waals surface area (Å²) in [5.41, 5.74) is 3.79.